The van der Waals surface area contributed by atoms with E-state index < -0.39 is 0 Å². The lowest BCUT2D eigenvalue weighted by atomic mass is 10.1. The normalized spacial score (nSPS) is 11.1. The van der Waals surface area contributed by atoms with Crippen LogP contribution in [0, 0.1) is 0 Å². The zero-order valence-corrected chi connectivity index (χ0v) is 11.2. The Hall–Kier alpha value is -1.84. The van der Waals surface area contributed by atoms with Crippen molar-refractivity contribution in [3.05, 3.63) is 41.5 Å². The largest absolute Gasteiger partial charge is 0.399 e. The number of hydrogen-bond donors (Lipinski definition) is 1. The average molecular weight is 244 g/mol. The number of rotatable bonds is 4. The van der Waals surface area contributed by atoms with Crippen LogP contribution < -0.4 is 5.73 Å². The molecule has 1 aromatic carbocycles. The second kappa shape index (κ2) is 5.21. The summed E-state index contributed by atoms with van der Waals surface area (Å²) < 4.78 is 1.88. The molecule has 2 N–H and O–H groups in total. The molecule has 1 aromatic heterocycles. The summed E-state index contributed by atoms with van der Waals surface area (Å²) in [6.45, 7) is 4.22. The molecule has 2 aromatic rings. The summed E-state index contributed by atoms with van der Waals surface area (Å²) >= 11 is 0. The molecule has 0 aliphatic heterocycles. The second-order valence-electron chi connectivity index (χ2n) is 4.91. The molecule has 0 bridgehead atoms. The highest BCUT2D eigenvalue weighted by molar-refractivity contribution is 5.39. The first kappa shape index (κ1) is 12.6. The number of benzene rings is 1. The van der Waals surface area contributed by atoms with E-state index in [2.05, 4.69) is 36.1 Å². The molecule has 0 aliphatic carbocycles. The van der Waals surface area contributed by atoms with Gasteiger partial charge in [0.2, 0.25) is 0 Å². The Morgan fingerprint density at radius 3 is 2.39 bits per heavy atom. The monoisotopic (exact) mass is 244 g/mol. The van der Waals surface area contributed by atoms with Crippen LogP contribution in [0.1, 0.15) is 37.0 Å². The molecule has 4 nitrogen and oxygen atoms in total. The number of aryl methyl sites for hydroxylation is 3. The highest BCUT2D eigenvalue weighted by atomic mass is 15.3. The highest BCUT2D eigenvalue weighted by Gasteiger charge is 2.09. The number of aromatic nitrogens is 3. The third kappa shape index (κ3) is 2.88. The predicted octanol–water partition coefficient (Wildman–Crippen LogP) is 2.31. The van der Waals surface area contributed by atoms with Gasteiger partial charge in [-0.05, 0) is 24.1 Å². The predicted molar refractivity (Wildman–Crippen MR) is 73.4 cm³/mol. The molecule has 0 saturated heterocycles. The van der Waals surface area contributed by atoms with E-state index in [1.165, 1.54) is 5.56 Å². The van der Waals surface area contributed by atoms with E-state index in [1.807, 2.05) is 23.9 Å². The van der Waals surface area contributed by atoms with Gasteiger partial charge in [0, 0.05) is 25.1 Å². The van der Waals surface area contributed by atoms with E-state index in [1.54, 1.807) is 0 Å². The minimum absolute atomic E-state index is 0.376. The summed E-state index contributed by atoms with van der Waals surface area (Å²) in [5.74, 6) is 2.34. The Morgan fingerprint density at radius 1 is 1.17 bits per heavy atom. The second-order valence-corrected chi connectivity index (χ2v) is 4.91. The van der Waals surface area contributed by atoms with E-state index in [-0.39, 0.29) is 0 Å². The molecule has 0 unspecified atom stereocenters. The number of anilines is 1. The SMILES string of the molecule is CC(C)c1nc(CCc2ccc(N)cc2)n(C)n1. The summed E-state index contributed by atoms with van der Waals surface area (Å²) in [5.41, 5.74) is 7.75. The van der Waals surface area contributed by atoms with Crippen LogP contribution in [0.3, 0.4) is 0 Å². The van der Waals surface area contributed by atoms with Crippen LogP contribution >= 0.6 is 0 Å². The molecule has 0 aliphatic rings. The molecular weight excluding hydrogens is 224 g/mol. The summed E-state index contributed by atoms with van der Waals surface area (Å²) in [6, 6.07) is 8.00. The summed E-state index contributed by atoms with van der Waals surface area (Å²) in [5, 5.41) is 4.42. The fourth-order valence-corrected chi connectivity index (χ4v) is 1.84. The standard InChI is InChI=1S/C14H20N4/c1-10(2)14-16-13(18(3)17-14)9-6-11-4-7-12(15)8-5-11/h4-5,7-8,10H,6,9,15H2,1-3H3. The first-order chi connectivity index (χ1) is 8.56. The van der Waals surface area contributed by atoms with Crippen molar-refractivity contribution < 1.29 is 0 Å². The lowest BCUT2D eigenvalue weighted by molar-refractivity contribution is 0.676. The molecule has 0 amide bonds. The fourth-order valence-electron chi connectivity index (χ4n) is 1.84. The summed E-state index contributed by atoms with van der Waals surface area (Å²) in [7, 11) is 1.96. The van der Waals surface area contributed by atoms with Crippen LogP contribution in [0.5, 0.6) is 0 Å². The van der Waals surface area contributed by atoms with Gasteiger partial charge in [0.1, 0.15) is 5.82 Å². The maximum atomic E-state index is 5.67. The van der Waals surface area contributed by atoms with Crippen molar-refractivity contribution >= 4 is 5.69 Å². The van der Waals surface area contributed by atoms with Gasteiger partial charge in [0.25, 0.3) is 0 Å². The van der Waals surface area contributed by atoms with Crippen molar-refractivity contribution in [1.29, 1.82) is 0 Å². The van der Waals surface area contributed by atoms with E-state index >= 15 is 0 Å². The molecular formula is C14H20N4. The third-order valence-corrected chi connectivity index (χ3v) is 3.00. The van der Waals surface area contributed by atoms with Gasteiger partial charge in [-0.15, -0.1) is 0 Å². The van der Waals surface area contributed by atoms with Gasteiger partial charge in [-0.25, -0.2) is 4.98 Å². The zero-order chi connectivity index (χ0) is 13.1. The molecule has 0 spiro atoms. The van der Waals surface area contributed by atoms with E-state index in [0.717, 1.165) is 30.2 Å². The van der Waals surface area contributed by atoms with Crippen LogP contribution in [0.15, 0.2) is 24.3 Å². The third-order valence-electron chi connectivity index (χ3n) is 3.00. The summed E-state index contributed by atoms with van der Waals surface area (Å²) in [6.07, 6.45) is 1.87. The molecule has 0 fully saturated rings. The molecule has 0 saturated carbocycles. The maximum absolute atomic E-state index is 5.67. The lowest BCUT2D eigenvalue weighted by Crippen LogP contribution is -2.01. The van der Waals surface area contributed by atoms with Crippen LogP contribution in [-0.2, 0) is 19.9 Å². The van der Waals surface area contributed by atoms with Crippen molar-refractivity contribution in [3.8, 4) is 0 Å². The maximum Gasteiger partial charge on any atom is 0.153 e. The molecule has 0 radical (unpaired) electrons. The Morgan fingerprint density at radius 2 is 1.83 bits per heavy atom. The molecule has 18 heavy (non-hydrogen) atoms. The Bertz CT molecular complexity index is 511. The van der Waals surface area contributed by atoms with Crippen molar-refractivity contribution in [3.63, 3.8) is 0 Å². The van der Waals surface area contributed by atoms with Gasteiger partial charge in [0.05, 0.1) is 0 Å². The van der Waals surface area contributed by atoms with Crippen molar-refractivity contribution in [2.45, 2.75) is 32.6 Å². The average Bonchev–Trinajstić information content (AvgIpc) is 2.70. The molecule has 96 valence electrons. The Labute approximate surface area is 108 Å². The van der Waals surface area contributed by atoms with Crippen molar-refractivity contribution in [2.75, 3.05) is 5.73 Å². The van der Waals surface area contributed by atoms with Gasteiger partial charge in [0.15, 0.2) is 5.82 Å². The fraction of sp³-hybridized carbons (Fsp3) is 0.429. The van der Waals surface area contributed by atoms with Crippen LogP contribution in [0.25, 0.3) is 0 Å². The Kier molecular flexibility index (Phi) is 3.65. The van der Waals surface area contributed by atoms with Gasteiger partial charge < -0.3 is 5.73 Å². The highest BCUT2D eigenvalue weighted by Crippen LogP contribution is 2.12. The first-order valence-electron chi connectivity index (χ1n) is 6.30. The van der Waals surface area contributed by atoms with E-state index in [9.17, 15) is 0 Å². The molecule has 0 atom stereocenters. The minimum atomic E-state index is 0.376. The lowest BCUT2D eigenvalue weighted by Gasteiger charge is -2.01. The van der Waals surface area contributed by atoms with Gasteiger partial charge >= 0.3 is 0 Å². The number of nitrogens with zero attached hydrogens (tertiary/aromatic N) is 3. The molecule has 2 rings (SSSR count). The topological polar surface area (TPSA) is 56.7 Å². The van der Waals surface area contributed by atoms with Gasteiger partial charge in [-0.3, -0.25) is 4.68 Å². The van der Waals surface area contributed by atoms with Crippen molar-refractivity contribution in [2.24, 2.45) is 7.05 Å². The smallest absolute Gasteiger partial charge is 0.153 e. The van der Waals surface area contributed by atoms with E-state index in [0.29, 0.717) is 5.92 Å². The minimum Gasteiger partial charge on any atom is -0.399 e. The number of hydrogen-bond acceptors (Lipinski definition) is 3. The quantitative estimate of drug-likeness (QED) is 0.840. The van der Waals surface area contributed by atoms with Crippen LogP contribution in [0.2, 0.25) is 0 Å². The van der Waals surface area contributed by atoms with Gasteiger partial charge in [-0.2, -0.15) is 5.10 Å². The Balaban J connectivity index is 2.03. The summed E-state index contributed by atoms with van der Waals surface area (Å²) in [4.78, 5) is 4.57. The number of nitrogen functional groups attached to an aromatic ring is 1. The molecule has 1 heterocycles. The van der Waals surface area contributed by atoms with Crippen LogP contribution in [-0.4, -0.2) is 14.8 Å². The molecule has 4 heteroatoms. The van der Waals surface area contributed by atoms with Crippen LogP contribution in [0.4, 0.5) is 5.69 Å². The first-order valence-corrected chi connectivity index (χ1v) is 6.30. The van der Waals surface area contributed by atoms with Crippen molar-refractivity contribution in [1.82, 2.24) is 14.8 Å². The van der Waals surface area contributed by atoms with Gasteiger partial charge in [-0.1, -0.05) is 26.0 Å². The zero-order valence-electron chi connectivity index (χ0n) is 11.2. The number of nitrogens with two attached hydrogens (primary N) is 1. The van der Waals surface area contributed by atoms with E-state index in [4.69, 9.17) is 5.73 Å².